The van der Waals surface area contributed by atoms with Gasteiger partial charge in [0, 0.05) is 31.1 Å². The highest BCUT2D eigenvalue weighted by Gasteiger charge is 2.08. The number of rotatable bonds is 8. The monoisotopic (exact) mass is 304 g/mol. The molecule has 1 aromatic carbocycles. The number of methoxy groups -OCH3 is 1. The average Bonchev–Trinajstić information content (AvgIpc) is 2.98. The Bertz CT molecular complexity index is 508. The molecule has 2 rings (SSSR count). The summed E-state index contributed by atoms with van der Waals surface area (Å²) in [6.45, 7) is 4.12. The van der Waals surface area contributed by atoms with Crippen LogP contribution >= 0.6 is 11.3 Å². The van der Waals surface area contributed by atoms with Crippen LogP contribution in [0.1, 0.15) is 10.4 Å². The first kappa shape index (κ1) is 16.0. The second kappa shape index (κ2) is 8.17. The zero-order valence-electron chi connectivity index (χ0n) is 13.1. The van der Waals surface area contributed by atoms with E-state index in [0.29, 0.717) is 0 Å². The van der Waals surface area contributed by atoms with E-state index in [-0.39, 0.29) is 0 Å². The van der Waals surface area contributed by atoms with Crippen LogP contribution in [-0.2, 0) is 13.1 Å². The van der Waals surface area contributed by atoms with E-state index in [0.717, 1.165) is 31.9 Å². The highest BCUT2D eigenvalue weighted by Crippen LogP contribution is 2.16. The van der Waals surface area contributed by atoms with Gasteiger partial charge in [-0.05, 0) is 43.2 Å². The summed E-state index contributed by atoms with van der Waals surface area (Å²) in [5.74, 6) is 0.914. The second-order valence-corrected chi connectivity index (χ2v) is 6.47. The van der Waals surface area contributed by atoms with Crippen molar-refractivity contribution < 1.29 is 4.74 Å². The molecule has 0 aliphatic rings. The smallest absolute Gasteiger partial charge is 0.118 e. The minimum Gasteiger partial charge on any atom is -0.497 e. The molecule has 0 aliphatic carbocycles. The molecule has 21 heavy (non-hydrogen) atoms. The summed E-state index contributed by atoms with van der Waals surface area (Å²) in [6, 6.07) is 12.7. The van der Waals surface area contributed by atoms with E-state index in [1.54, 1.807) is 7.11 Å². The predicted molar refractivity (Wildman–Crippen MR) is 90.0 cm³/mol. The van der Waals surface area contributed by atoms with Crippen LogP contribution in [-0.4, -0.2) is 44.1 Å². The summed E-state index contributed by atoms with van der Waals surface area (Å²) in [5.41, 5.74) is 1.33. The first-order valence-corrected chi connectivity index (χ1v) is 8.08. The minimum atomic E-state index is 0.914. The number of thiophene rings is 1. The van der Waals surface area contributed by atoms with E-state index in [9.17, 15) is 0 Å². The van der Waals surface area contributed by atoms with Gasteiger partial charge in [-0.2, -0.15) is 0 Å². The zero-order chi connectivity index (χ0) is 15.1. The summed E-state index contributed by atoms with van der Waals surface area (Å²) < 4.78 is 5.22. The number of hydrogen-bond donors (Lipinski definition) is 0. The third kappa shape index (κ3) is 5.50. The van der Waals surface area contributed by atoms with E-state index in [1.807, 2.05) is 23.5 Å². The molecule has 3 nitrogen and oxygen atoms in total. The Hall–Kier alpha value is -1.36. The lowest BCUT2D eigenvalue weighted by Crippen LogP contribution is -2.30. The van der Waals surface area contributed by atoms with Gasteiger partial charge in [0.1, 0.15) is 5.75 Å². The van der Waals surface area contributed by atoms with E-state index in [2.05, 4.69) is 53.5 Å². The van der Waals surface area contributed by atoms with Crippen LogP contribution in [0.15, 0.2) is 41.8 Å². The lowest BCUT2D eigenvalue weighted by molar-refractivity contribution is 0.228. The molecule has 0 radical (unpaired) electrons. The zero-order valence-corrected chi connectivity index (χ0v) is 13.9. The standard InChI is InChI=1S/C17H24N2OS/c1-18(2)10-11-19(14-17-5-4-12-21-17)13-15-6-8-16(20-3)9-7-15/h4-9,12H,10-11,13-14H2,1-3H3. The Kier molecular flexibility index (Phi) is 6.23. The lowest BCUT2D eigenvalue weighted by Gasteiger charge is -2.23. The Balaban J connectivity index is 1.99. The SMILES string of the molecule is COc1ccc(CN(CCN(C)C)Cc2cccs2)cc1. The molecule has 1 aromatic heterocycles. The third-order valence-electron chi connectivity index (χ3n) is 3.39. The fraction of sp³-hybridized carbons (Fsp3) is 0.412. The van der Waals surface area contributed by atoms with Crippen LogP contribution < -0.4 is 4.74 Å². The van der Waals surface area contributed by atoms with Crippen molar-refractivity contribution in [1.29, 1.82) is 0 Å². The van der Waals surface area contributed by atoms with Crippen LogP contribution in [0.2, 0.25) is 0 Å². The van der Waals surface area contributed by atoms with Gasteiger partial charge in [-0.15, -0.1) is 11.3 Å². The Morgan fingerprint density at radius 2 is 1.76 bits per heavy atom. The van der Waals surface area contributed by atoms with Gasteiger partial charge in [0.05, 0.1) is 7.11 Å². The summed E-state index contributed by atoms with van der Waals surface area (Å²) >= 11 is 1.83. The van der Waals surface area contributed by atoms with Crippen LogP contribution in [0.4, 0.5) is 0 Å². The highest BCUT2D eigenvalue weighted by molar-refractivity contribution is 7.09. The molecule has 0 saturated carbocycles. The Labute approximate surface area is 131 Å². The number of nitrogens with zero attached hydrogens (tertiary/aromatic N) is 2. The van der Waals surface area contributed by atoms with Gasteiger partial charge < -0.3 is 9.64 Å². The van der Waals surface area contributed by atoms with Gasteiger partial charge in [0.25, 0.3) is 0 Å². The first-order valence-electron chi connectivity index (χ1n) is 7.20. The fourth-order valence-electron chi connectivity index (χ4n) is 2.17. The summed E-state index contributed by atoms with van der Waals surface area (Å²) in [6.07, 6.45) is 0. The molecule has 0 atom stereocenters. The molecule has 114 valence electrons. The number of benzene rings is 1. The normalized spacial score (nSPS) is 11.3. The van der Waals surface area contributed by atoms with Crippen LogP contribution in [0.25, 0.3) is 0 Å². The molecule has 2 aromatic rings. The topological polar surface area (TPSA) is 15.7 Å². The Morgan fingerprint density at radius 3 is 2.33 bits per heavy atom. The molecule has 0 amide bonds. The summed E-state index contributed by atoms with van der Waals surface area (Å²) in [4.78, 5) is 6.14. The van der Waals surface area contributed by atoms with Gasteiger partial charge in [-0.25, -0.2) is 0 Å². The van der Waals surface area contributed by atoms with Crippen molar-refractivity contribution in [2.75, 3.05) is 34.3 Å². The summed E-state index contributed by atoms with van der Waals surface area (Å²) in [5, 5.41) is 2.15. The molecule has 0 fully saturated rings. The van der Waals surface area contributed by atoms with Gasteiger partial charge in [0.15, 0.2) is 0 Å². The largest absolute Gasteiger partial charge is 0.497 e. The molecule has 1 heterocycles. The minimum absolute atomic E-state index is 0.914. The van der Waals surface area contributed by atoms with Crippen molar-refractivity contribution in [1.82, 2.24) is 9.80 Å². The van der Waals surface area contributed by atoms with Gasteiger partial charge in [-0.3, -0.25) is 4.90 Å². The predicted octanol–water partition coefficient (Wildman–Crippen LogP) is 3.32. The molecule has 0 N–H and O–H groups in total. The van der Waals surface area contributed by atoms with Crippen molar-refractivity contribution in [2.45, 2.75) is 13.1 Å². The number of hydrogen-bond acceptors (Lipinski definition) is 4. The quantitative estimate of drug-likeness (QED) is 0.744. The first-order chi connectivity index (χ1) is 10.2. The summed E-state index contributed by atoms with van der Waals surface area (Å²) in [7, 11) is 5.95. The molecular weight excluding hydrogens is 280 g/mol. The molecule has 0 bridgehead atoms. The molecule has 4 heteroatoms. The third-order valence-corrected chi connectivity index (χ3v) is 4.25. The maximum atomic E-state index is 5.22. The van der Waals surface area contributed by atoms with E-state index >= 15 is 0 Å². The molecular formula is C17H24N2OS. The van der Waals surface area contributed by atoms with E-state index < -0.39 is 0 Å². The average molecular weight is 304 g/mol. The molecule has 0 unspecified atom stereocenters. The van der Waals surface area contributed by atoms with Crippen molar-refractivity contribution in [3.63, 3.8) is 0 Å². The fourth-order valence-corrected chi connectivity index (χ4v) is 2.91. The highest BCUT2D eigenvalue weighted by atomic mass is 32.1. The van der Waals surface area contributed by atoms with Crippen molar-refractivity contribution in [2.24, 2.45) is 0 Å². The second-order valence-electron chi connectivity index (χ2n) is 5.44. The maximum Gasteiger partial charge on any atom is 0.118 e. The Morgan fingerprint density at radius 1 is 1.00 bits per heavy atom. The molecule has 0 saturated heterocycles. The van der Waals surface area contributed by atoms with Crippen molar-refractivity contribution in [3.8, 4) is 5.75 Å². The van der Waals surface area contributed by atoms with E-state index in [4.69, 9.17) is 4.74 Å². The van der Waals surface area contributed by atoms with Gasteiger partial charge >= 0.3 is 0 Å². The number of ether oxygens (including phenoxy) is 1. The van der Waals surface area contributed by atoms with Gasteiger partial charge in [0.2, 0.25) is 0 Å². The van der Waals surface area contributed by atoms with Crippen LogP contribution in [0.5, 0.6) is 5.75 Å². The van der Waals surface area contributed by atoms with E-state index in [1.165, 1.54) is 10.4 Å². The van der Waals surface area contributed by atoms with Crippen LogP contribution in [0.3, 0.4) is 0 Å². The molecule has 0 spiro atoms. The maximum absolute atomic E-state index is 5.22. The van der Waals surface area contributed by atoms with Crippen molar-refractivity contribution >= 4 is 11.3 Å². The van der Waals surface area contributed by atoms with Crippen LogP contribution in [0, 0.1) is 0 Å². The number of likely N-dealkylation sites (N-methyl/N-ethyl adjacent to an activating group) is 1. The van der Waals surface area contributed by atoms with Crippen molar-refractivity contribution in [3.05, 3.63) is 52.2 Å². The lowest BCUT2D eigenvalue weighted by atomic mass is 10.2. The molecule has 0 aliphatic heterocycles. The van der Waals surface area contributed by atoms with Gasteiger partial charge in [-0.1, -0.05) is 18.2 Å².